The monoisotopic (exact) mass is 251 g/mol. The molecule has 6 nitrogen and oxygen atoms in total. The van der Waals surface area contributed by atoms with E-state index in [4.69, 9.17) is 14.5 Å². The minimum absolute atomic E-state index is 0.0647. The lowest BCUT2D eigenvalue weighted by molar-refractivity contribution is 0.0384. The molecule has 0 aromatic carbocycles. The number of rotatable bonds is 7. The van der Waals surface area contributed by atoms with Crippen molar-refractivity contribution in [1.29, 1.82) is 5.26 Å². The van der Waals surface area contributed by atoms with E-state index in [1.165, 1.54) is 0 Å². The molecule has 1 heterocycles. The van der Waals surface area contributed by atoms with Gasteiger partial charge in [0.15, 0.2) is 0 Å². The largest absolute Gasteiger partial charge is 0.392 e. The highest BCUT2D eigenvalue weighted by Gasteiger charge is 2.36. The van der Waals surface area contributed by atoms with Gasteiger partial charge in [-0.25, -0.2) is 0 Å². The molecule has 1 aliphatic carbocycles. The molecule has 2 unspecified atom stereocenters. The molecule has 1 N–H and O–H groups in total. The molecule has 0 spiro atoms. The van der Waals surface area contributed by atoms with Crippen LogP contribution in [0.3, 0.4) is 0 Å². The van der Waals surface area contributed by atoms with E-state index in [-0.39, 0.29) is 18.9 Å². The number of aliphatic hydroxyl groups excluding tert-OH is 1. The summed E-state index contributed by atoms with van der Waals surface area (Å²) in [6, 6.07) is 1.90. The first-order valence-electron chi connectivity index (χ1n) is 6.23. The number of hydrogen-bond acceptors (Lipinski definition) is 6. The van der Waals surface area contributed by atoms with Gasteiger partial charge in [-0.15, -0.1) is 0 Å². The molecule has 0 amide bonds. The molecular weight excluding hydrogens is 234 g/mol. The van der Waals surface area contributed by atoms with Crippen LogP contribution < -0.4 is 0 Å². The first kappa shape index (κ1) is 13.0. The number of nitrogens with zero attached hydrogens (tertiary/aromatic N) is 3. The summed E-state index contributed by atoms with van der Waals surface area (Å²) in [5.41, 5.74) is 0. The van der Waals surface area contributed by atoms with Crippen LogP contribution in [0.1, 0.15) is 44.0 Å². The molecule has 1 aromatic heterocycles. The first-order chi connectivity index (χ1) is 8.74. The maximum atomic E-state index is 9.49. The SMILES string of the molecule is CCOC(c1noc(CC(O)CC#N)n1)C1CC1. The highest BCUT2D eigenvalue weighted by molar-refractivity contribution is 4.99. The van der Waals surface area contributed by atoms with Gasteiger partial charge in [-0.2, -0.15) is 10.2 Å². The van der Waals surface area contributed by atoms with Crippen molar-refractivity contribution in [2.45, 2.75) is 44.8 Å². The summed E-state index contributed by atoms with van der Waals surface area (Å²) in [7, 11) is 0. The molecule has 0 radical (unpaired) electrons. The molecule has 0 aliphatic heterocycles. The Morgan fingerprint density at radius 2 is 2.39 bits per heavy atom. The van der Waals surface area contributed by atoms with Gasteiger partial charge in [-0.1, -0.05) is 5.16 Å². The average molecular weight is 251 g/mol. The standard InChI is InChI=1S/C12H17N3O3/c1-2-17-11(8-3-4-8)12-14-10(18-15-12)7-9(16)5-6-13/h8-9,11,16H,2-5,7H2,1H3. The quantitative estimate of drug-likeness (QED) is 0.786. The van der Waals surface area contributed by atoms with Gasteiger partial charge in [-0.05, 0) is 25.7 Å². The third-order valence-corrected chi connectivity index (χ3v) is 2.87. The van der Waals surface area contributed by atoms with Gasteiger partial charge < -0.3 is 14.4 Å². The summed E-state index contributed by atoms with van der Waals surface area (Å²) in [5, 5.41) is 21.9. The Morgan fingerprint density at radius 3 is 3.00 bits per heavy atom. The molecule has 0 bridgehead atoms. The second kappa shape index (κ2) is 5.94. The van der Waals surface area contributed by atoms with Gasteiger partial charge >= 0.3 is 0 Å². The Balaban J connectivity index is 1.98. The van der Waals surface area contributed by atoms with E-state index < -0.39 is 6.10 Å². The average Bonchev–Trinajstić information content (AvgIpc) is 3.07. The zero-order chi connectivity index (χ0) is 13.0. The fourth-order valence-corrected chi connectivity index (χ4v) is 1.85. The van der Waals surface area contributed by atoms with E-state index >= 15 is 0 Å². The van der Waals surface area contributed by atoms with Crippen LogP contribution in [0, 0.1) is 17.2 Å². The summed E-state index contributed by atoms with van der Waals surface area (Å²) in [5.74, 6) is 1.40. The molecule has 6 heteroatoms. The van der Waals surface area contributed by atoms with Crippen molar-refractivity contribution in [3.63, 3.8) is 0 Å². The smallest absolute Gasteiger partial charge is 0.229 e. The van der Waals surface area contributed by atoms with E-state index in [1.807, 2.05) is 13.0 Å². The number of aromatic nitrogens is 2. The lowest BCUT2D eigenvalue weighted by Gasteiger charge is -2.11. The predicted molar refractivity (Wildman–Crippen MR) is 61.3 cm³/mol. The molecular formula is C12H17N3O3. The molecule has 1 fully saturated rings. The zero-order valence-electron chi connectivity index (χ0n) is 10.4. The number of aliphatic hydroxyl groups is 1. The van der Waals surface area contributed by atoms with Crippen molar-refractivity contribution >= 4 is 0 Å². The van der Waals surface area contributed by atoms with Crippen molar-refractivity contribution in [3.8, 4) is 6.07 Å². The lowest BCUT2D eigenvalue weighted by Crippen LogP contribution is -2.11. The Morgan fingerprint density at radius 1 is 1.61 bits per heavy atom. The van der Waals surface area contributed by atoms with Crippen LogP contribution in [0.4, 0.5) is 0 Å². The van der Waals surface area contributed by atoms with Gasteiger partial charge in [0.05, 0.1) is 25.0 Å². The second-order valence-corrected chi connectivity index (χ2v) is 4.48. The third kappa shape index (κ3) is 3.28. The molecule has 1 saturated carbocycles. The summed E-state index contributed by atoms with van der Waals surface area (Å²) >= 11 is 0. The molecule has 18 heavy (non-hydrogen) atoms. The summed E-state index contributed by atoms with van der Waals surface area (Å²) in [4.78, 5) is 4.24. The number of ether oxygens (including phenoxy) is 1. The molecule has 2 rings (SSSR count). The molecule has 1 aromatic rings. The van der Waals surface area contributed by atoms with Crippen molar-refractivity contribution in [2.75, 3.05) is 6.61 Å². The van der Waals surface area contributed by atoms with Gasteiger partial charge in [0.1, 0.15) is 6.10 Å². The highest BCUT2D eigenvalue weighted by atomic mass is 16.5. The molecule has 1 aliphatic rings. The van der Waals surface area contributed by atoms with Crippen molar-refractivity contribution in [3.05, 3.63) is 11.7 Å². The summed E-state index contributed by atoms with van der Waals surface area (Å²) in [6.45, 7) is 2.55. The van der Waals surface area contributed by atoms with Crippen LogP contribution in [-0.2, 0) is 11.2 Å². The van der Waals surface area contributed by atoms with Gasteiger partial charge in [0.2, 0.25) is 11.7 Å². The van der Waals surface area contributed by atoms with Crippen molar-refractivity contribution in [2.24, 2.45) is 5.92 Å². The topological polar surface area (TPSA) is 92.2 Å². The molecule has 2 atom stereocenters. The predicted octanol–water partition coefficient (Wildman–Crippen LogP) is 1.37. The second-order valence-electron chi connectivity index (χ2n) is 4.48. The fraction of sp³-hybridized carbons (Fsp3) is 0.750. The highest BCUT2D eigenvalue weighted by Crippen LogP contribution is 2.42. The molecule has 98 valence electrons. The van der Waals surface area contributed by atoms with Crippen molar-refractivity contribution < 1.29 is 14.4 Å². The van der Waals surface area contributed by atoms with Crippen LogP contribution in [0.15, 0.2) is 4.52 Å². The van der Waals surface area contributed by atoms with Crippen LogP contribution in [0.5, 0.6) is 0 Å². The molecule has 0 saturated heterocycles. The van der Waals surface area contributed by atoms with Gasteiger partial charge in [-0.3, -0.25) is 0 Å². The number of nitriles is 1. The van der Waals surface area contributed by atoms with Crippen LogP contribution in [-0.4, -0.2) is 28.0 Å². The maximum Gasteiger partial charge on any atom is 0.229 e. The van der Waals surface area contributed by atoms with E-state index in [9.17, 15) is 5.11 Å². The summed E-state index contributed by atoms with van der Waals surface area (Å²) < 4.78 is 10.7. The van der Waals surface area contributed by atoms with E-state index in [0.717, 1.165) is 12.8 Å². The lowest BCUT2D eigenvalue weighted by atomic mass is 10.2. The van der Waals surface area contributed by atoms with Crippen molar-refractivity contribution in [1.82, 2.24) is 10.1 Å². The fourth-order valence-electron chi connectivity index (χ4n) is 1.85. The van der Waals surface area contributed by atoms with Crippen LogP contribution in [0.25, 0.3) is 0 Å². The maximum absolute atomic E-state index is 9.49. The summed E-state index contributed by atoms with van der Waals surface area (Å²) in [6.07, 6.45) is 1.69. The Bertz CT molecular complexity index is 422. The van der Waals surface area contributed by atoms with Crippen LogP contribution in [0.2, 0.25) is 0 Å². The normalized spacial score (nSPS) is 18.3. The third-order valence-electron chi connectivity index (χ3n) is 2.87. The Labute approximate surface area is 106 Å². The van der Waals surface area contributed by atoms with E-state index in [0.29, 0.717) is 24.2 Å². The van der Waals surface area contributed by atoms with E-state index in [2.05, 4.69) is 10.1 Å². The van der Waals surface area contributed by atoms with Gasteiger partial charge in [0, 0.05) is 6.61 Å². The van der Waals surface area contributed by atoms with E-state index in [1.54, 1.807) is 0 Å². The van der Waals surface area contributed by atoms with Gasteiger partial charge in [0.25, 0.3) is 0 Å². The minimum atomic E-state index is -0.755. The van der Waals surface area contributed by atoms with Crippen LogP contribution >= 0.6 is 0 Å². The zero-order valence-corrected chi connectivity index (χ0v) is 10.4. The minimum Gasteiger partial charge on any atom is -0.392 e. The Hall–Kier alpha value is -1.45. The first-order valence-corrected chi connectivity index (χ1v) is 6.23. The number of hydrogen-bond donors (Lipinski definition) is 1. The Kier molecular flexibility index (Phi) is 4.28.